The van der Waals surface area contributed by atoms with Crippen LogP contribution < -0.4 is 5.32 Å². The van der Waals surface area contributed by atoms with E-state index in [4.69, 9.17) is 0 Å². The van der Waals surface area contributed by atoms with Crippen molar-refractivity contribution in [2.75, 3.05) is 6.54 Å². The van der Waals surface area contributed by atoms with Gasteiger partial charge in [0.15, 0.2) is 0 Å². The predicted octanol–water partition coefficient (Wildman–Crippen LogP) is 4.13. The monoisotopic (exact) mass is 245 g/mol. The average molecular weight is 245 g/mol. The van der Waals surface area contributed by atoms with Crippen molar-refractivity contribution in [1.29, 1.82) is 0 Å². The molecule has 3 unspecified atom stereocenters. The Morgan fingerprint density at radius 2 is 1.83 bits per heavy atom. The molecule has 100 valence electrons. The molecule has 1 heteroatoms. The minimum absolute atomic E-state index is 0.434. The van der Waals surface area contributed by atoms with Gasteiger partial charge in [-0.1, -0.05) is 52.0 Å². The molecule has 0 aromatic heterocycles. The summed E-state index contributed by atoms with van der Waals surface area (Å²) in [5.41, 5.74) is 3.41. The van der Waals surface area contributed by atoms with E-state index in [1.165, 1.54) is 24.0 Å². The molecule has 18 heavy (non-hydrogen) atoms. The Bertz CT molecular complexity index is 381. The van der Waals surface area contributed by atoms with Crippen molar-refractivity contribution in [2.45, 2.75) is 58.9 Å². The molecule has 2 rings (SSSR count). The summed E-state index contributed by atoms with van der Waals surface area (Å²) in [5.74, 6) is 0.734. The van der Waals surface area contributed by atoms with Gasteiger partial charge in [-0.05, 0) is 48.3 Å². The first-order chi connectivity index (χ1) is 8.65. The minimum atomic E-state index is 0.434. The summed E-state index contributed by atoms with van der Waals surface area (Å²) >= 11 is 0. The quantitative estimate of drug-likeness (QED) is 0.822. The Balaban J connectivity index is 2.14. The summed E-state index contributed by atoms with van der Waals surface area (Å²) in [6.45, 7) is 10.3. The van der Waals surface area contributed by atoms with Gasteiger partial charge in [-0.15, -0.1) is 0 Å². The maximum absolute atomic E-state index is 3.65. The van der Waals surface area contributed by atoms with Crippen LogP contribution in [0.1, 0.15) is 57.6 Å². The molecule has 1 saturated carbocycles. The lowest BCUT2D eigenvalue weighted by Crippen LogP contribution is -2.56. The van der Waals surface area contributed by atoms with Crippen molar-refractivity contribution in [1.82, 2.24) is 5.32 Å². The van der Waals surface area contributed by atoms with E-state index < -0.39 is 0 Å². The van der Waals surface area contributed by atoms with E-state index in [2.05, 4.69) is 57.3 Å². The standard InChI is InChI=1S/C17H27N/c1-5-13-8-10-14(11-9-13)15-12-16(18-7-3)17(15,4)6-2/h8-11,15-16,18H,5-7,12H2,1-4H3. The van der Waals surface area contributed by atoms with E-state index >= 15 is 0 Å². The first-order valence-electron chi connectivity index (χ1n) is 7.47. The van der Waals surface area contributed by atoms with Crippen LogP contribution in [0.4, 0.5) is 0 Å². The molecule has 0 heterocycles. The van der Waals surface area contributed by atoms with Gasteiger partial charge in [0.05, 0.1) is 0 Å². The van der Waals surface area contributed by atoms with Crippen LogP contribution >= 0.6 is 0 Å². The number of nitrogens with one attached hydrogen (secondary N) is 1. The summed E-state index contributed by atoms with van der Waals surface area (Å²) in [6, 6.07) is 9.99. The zero-order chi connectivity index (χ0) is 13.2. The van der Waals surface area contributed by atoms with Crippen molar-refractivity contribution in [2.24, 2.45) is 5.41 Å². The lowest BCUT2D eigenvalue weighted by molar-refractivity contribution is 0.0455. The Morgan fingerprint density at radius 3 is 2.33 bits per heavy atom. The van der Waals surface area contributed by atoms with Gasteiger partial charge in [-0.25, -0.2) is 0 Å². The highest BCUT2D eigenvalue weighted by Crippen LogP contribution is 2.54. The maximum atomic E-state index is 3.65. The first-order valence-corrected chi connectivity index (χ1v) is 7.47. The van der Waals surface area contributed by atoms with E-state index in [1.54, 1.807) is 0 Å². The van der Waals surface area contributed by atoms with Gasteiger partial charge in [0.1, 0.15) is 0 Å². The molecule has 0 saturated heterocycles. The summed E-state index contributed by atoms with van der Waals surface area (Å²) in [4.78, 5) is 0. The Morgan fingerprint density at radius 1 is 1.17 bits per heavy atom. The van der Waals surface area contributed by atoms with Crippen LogP contribution in [-0.2, 0) is 6.42 Å². The number of benzene rings is 1. The van der Waals surface area contributed by atoms with E-state index in [0.29, 0.717) is 11.5 Å². The predicted molar refractivity (Wildman–Crippen MR) is 79.0 cm³/mol. The lowest BCUT2D eigenvalue weighted by atomic mass is 9.54. The second kappa shape index (κ2) is 5.44. The van der Waals surface area contributed by atoms with Gasteiger partial charge in [0.2, 0.25) is 0 Å². The Kier molecular flexibility index (Phi) is 4.11. The molecule has 3 atom stereocenters. The molecule has 0 radical (unpaired) electrons. The normalized spacial score (nSPS) is 31.1. The molecule has 1 aromatic carbocycles. The summed E-state index contributed by atoms with van der Waals surface area (Å²) < 4.78 is 0. The van der Waals surface area contributed by atoms with Crippen molar-refractivity contribution < 1.29 is 0 Å². The largest absolute Gasteiger partial charge is 0.314 e. The van der Waals surface area contributed by atoms with E-state index in [9.17, 15) is 0 Å². The molecular weight excluding hydrogens is 218 g/mol. The van der Waals surface area contributed by atoms with Crippen LogP contribution in [0.5, 0.6) is 0 Å². The fourth-order valence-electron chi connectivity index (χ4n) is 3.41. The molecular formula is C17H27N. The number of hydrogen-bond donors (Lipinski definition) is 1. The van der Waals surface area contributed by atoms with Gasteiger partial charge in [-0.3, -0.25) is 0 Å². The maximum Gasteiger partial charge on any atom is 0.0132 e. The van der Waals surface area contributed by atoms with Crippen LogP contribution in [0, 0.1) is 5.41 Å². The molecule has 0 amide bonds. The molecule has 1 aliphatic rings. The van der Waals surface area contributed by atoms with Gasteiger partial charge in [0, 0.05) is 6.04 Å². The fraction of sp³-hybridized carbons (Fsp3) is 0.647. The molecule has 1 nitrogen and oxygen atoms in total. The zero-order valence-corrected chi connectivity index (χ0v) is 12.3. The SMILES string of the molecule is CCNC1CC(c2ccc(CC)cc2)C1(C)CC. The van der Waals surface area contributed by atoms with Gasteiger partial charge >= 0.3 is 0 Å². The third-order valence-corrected chi connectivity index (χ3v) is 5.07. The highest BCUT2D eigenvalue weighted by molar-refractivity contribution is 5.31. The number of rotatable bonds is 5. The molecule has 0 aliphatic heterocycles. The van der Waals surface area contributed by atoms with E-state index in [0.717, 1.165) is 18.9 Å². The highest BCUT2D eigenvalue weighted by atomic mass is 15.0. The number of hydrogen-bond acceptors (Lipinski definition) is 1. The zero-order valence-electron chi connectivity index (χ0n) is 12.3. The van der Waals surface area contributed by atoms with E-state index in [-0.39, 0.29) is 0 Å². The summed E-state index contributed by atoms with van der Waals surface area (Å²) in [7, 11) is 0. The smallest absolute Gasteiger partial charge is 0.0132 e. The molecule has 0 spiro atoms. The minimum Gasteiger partial charge on any atom is -0.314 e. The van der Waals surface area contributed by atoms with Crippen molar-refractivity contribution in [3.05, 3.63) is 35.4 Å². The third kappa shape index (κ3) is 2.21. The highest BCUT2D eigenvalue weighted by Gasteiger charge is 2.50. The van der Waals surface area contributed by atoms with Crippen LogP contribution in [0.3, 0.4) is 0 Å². The van der Waals surface area contributed by atoms with Gasteiger partial charge in [-0.2, -0.15) is 0 Å². The Hall–Kier alpha value is -0.820. The molecule has 1 aromatic rings. The molecule has 1 N–H and O–H groups in total. The van der Waals surface area contributed by atoms with Crippen LogP contribution in [0.25, 0.3) is 0 Å². The average Bonchev–Trinajstić information content (AvgIpc) is 2.42. The lowest BCUT2D eigenvalue weighted by Gasteiger charge is -2.55. The summed E-state index contributed by atoms with van der Waals surface area (Å²) in [6.07, 6.45) is 3.69. The van der Waals surface area contributed by atoms with Crippen molar-refractivity contribution >= 4 is 0 Å². The van der Waals surface area contributed by atoms with Crippen LogP contribution in [0.2, 0.25) is 0 Å². The second-order valence-corrected chi connectivity index (χ2v) is 5.85. The van der Waals surface area contributed by atoms with Crippen LogP contribution in [-0.4, -0.2) is 12.6 Å². The van der Waals surface area contributed by atoms with Crippen molar-refractivity contribution in [3.63, 3.8) is 0 Å². The fourth-order valence-corrected chi connectivity index (χ4v) is 3.41. The van der Waals surface area contributed by atoms with Crippen molar-refractivity contribution in [3.8, 4) is 0 Å². The molecule has 0 bridgehead atoms. The second-order valence-electron chi connectivity index (χ2n) is 5.85. The first kappa shape index (κ1) is 13.6. The van der Waals surface area contributed by atoms with E-state index in [1.807, 2.05) is 0 Å². The molecule has 1 fully saturated rings. The third-order valence-electron chi connectivity index (χ3n) is 5.07. The van der Waals surface area contributed by atoms with Crippen LogP contribution in [0.15, 0.2) is 24.3 Å². The Labute approximate surface area is 112 Å². The summed E-state index contributed by atoms with van der Waals surface area (Å²) in [5, 5.41) is 3.65. The van der Waals surface area contributed by atoms with Gasteiger partial charge in [0.25, 0.3) is 0 Å². The molecule has 1 aliphatic carbocycles. The topological polar surface area (TPSA) is 12.0 Å². The van der Waals surface area contributed by atoms with Gasteiger partial charge < -0.3 is 5.32 Å². The number of aryl methyl sites for hydroxylation is 1.